The summed E-state index contributed by atoms with van der Waals surface area (Å²) < 4.78 is 0. The summed E-state index contributed by atoms with van der Waals surface area (Å²) in [5.41, 5.74) is 3.28. The van der Waals surface area contributed by atoms with Crippen LogP contribution >= 0.6 is 0 Å². The fourth-order valence-corrected chi connectivity index (χ4v) is 2.11. The van der Waals surface area contributed by atoms with Gasteiger partial charge in [0.2, 0.25) is 0 Å². The Hall–Kier alpha value is -2.81. The van der Waals surface area contributed by atoms with Gasteiger partial charge < -0.3 is 0 Å². The van der Waals surface area contributed by atoms with Crippen molar-refractivity contribution in [1.82, 2.24) is 9.97 Å². The predicted octanol–water partition coefficient (Wildman–Crippen LogP) is 3.57. The van der Waals surface area contributed by atoms with Crippen LogP contribution in [0, 0.1) is 0 Å². The van der Waals surface area contributed by atoms with Crippen molar-refractivity contribution in [2.75, 3.05) is 0 Å². The standard InChI is InChI=1S/C18H14N2O/c21-18(15-6-2-1-3-7-15)12-14-9-10-17(20-13-14)16-8-4-5-11-19-16/h1-11,13H,12H2. The van der Waals surface area contributed by atoms with Crippen LogP contribution in [0.5, 0.6) is 0 Å². The van der Waals surface area contributed by atoms with Crippen LogP contribution in [0.3, 0.4) is 0 Å². The van der Waals surface area contributed by atoms with Crippen LogP contribution in [0.4, 0.5) is 0 Å². The first-order valence-electron chi connectivity index (χ1n) is 6.77. The van der Waals surface area contributed by atoms with Crippen LogP contribution in [0.1, 0.15) is 15.9 Å². The number of rotatable bonds is 4. The van der Waals surface area contributed by atoms with Gasteiger partial charge >= 0.3 is 0 Å². The fraction of sp³-hybridized carbons (Fsp3) is 0.0556. The normalized spacial score (nSPS) is 10.3. The molecule has 21 heavy (non-hydrogen) atoms. The molecule has 0 atom stereocenters. The summed E-state index contributed by atoms with van der Waals surface area (Å²) in [6, 6.07) is 18.8. The molecule has 0 aliphatic carbocycles. The number of carbonyl (C=O) groups excluding carboxylic acids is 1. The van der Waals surface area contributed by atoms with E-state index in [2.05, 4.69) is 9.97 Å². The molecule has 0 aliphatic rings. The average molecular weight is 274 g/mol. The molecule has 3 rings (SSSR count). The Morgan fingerprint density at radius 3 is 2.24 bits per heavy atom. The van der Waals surface area contributed by atoms with Crippen molar-refractivity contribution in [3.8, 4) is 11.4 Å². The Balaban J connectivity index is 1.75. The minimum absolute atomic E-state index is 0.1000. The number of pyridine rings is 2. The van der Waals surface area contributed by atoms with Gasteiger partial charge in [-0.25, -0.2) is 0 Å². The molecule has 1 aromatic carbocycles. The highest BCUT2D eigenvalue weighted by molar-refractivity contribution is 5.97. The Morgan fingerprint density at radius 2 is 1.57 bits per heavy atom. The number of hydrogen-bond donors (Lipinski definition) is 0. The van der Waals surface area contributed by atoms with E-state index in [-0.39, 0.29) is 5.78 Å². The second kappa shape index (κ2) is 6.09. The van der Waals surface area contributed by atoms with Crippen LogP contribution in [-0.2, 0) is 6.42 Å². The molecule has 3 aromatic rings. The van der Waals surface area contributed by atoms with Crippen LogP contribution in [0.2, 0.25) is 0 Å². The highest BCUT2D eigenvalue weighted by Gasteiger charge is 2.07. The van der Waals surface area contributed by atoms with Crippen molar-refractivity contribution in [1.29, 1.82) is 0 Å². The number of nitrogens with zero attached hydrogens (tertiary/aromatic N) is 2. The van der Waals surface area contributed by atoms with Gasteiger partial charge in [0.1, 0.15) is 0 Å². The molecule has 3 heteroatoms. The fourth-order valence-electron chi connectivity index (χ4n) is 2.11. The zero-order valence-corrected chi connectivity index (χ0v) is 11.4. The van der Waals surface area contributed by atoms with Gasteiger partial charge in [-0.15, -0.1) is 0 Å². The summed E-state index contributed by atoms with van der Waals surface area (Å²) in [5.74, 6) is 0.1000. The lowest BCUT2D eigenvalue weighted by molar-refractivity contribution is 0.0993. The lowest BCUT2D eigenvalue weighted by atomic mass is 10.0. The van der Waals surface area contributed by atoms with Gasteiger partial charge in [-0.05, 0) is 23.8 Å². The van der Waals surface area contributed by atoms with Crippen molar-refractivity contribution in [3.63, 3.8) is 0 Å². The maximum Gasteiger partial charge on any atom is 0.167 e. The molecule has 3 nitrogen and oxygen atoms in total. The monoisotopic (exact) mass is 274 g/mol. The van der Waals surface area contributed by atoms with E-state index in [0.717, 1.165) is 22.5 Å². The third kappa shape index (κ3) is 3.20. The number of Topliss-reactive ketones (excluding diaryl/α,β-unsaturated/α-hetero) is 1. The van der Waals surface area contributed by atoms with Crippen LogP contribution < -0.4 is 0 Å². The smallest absolute Gasteiger partial charge is 0.167 e. The Bertz CT molecular complexity index is 722. The van der Waals surface area contributed by atoms with E-state index < -0.39 is 0 Å². The third-order valence-electron chi connectivity index (χ3n) is 3.21. The zero-order valence-electron chi connectivity index (χ0n) is 11.4. The quantitative estimate of drug-likeness (QED) is 0.683. The van der Waals surface area contributed by atoms with E-state index in [1.165, 1.54) is 0 Å². The molecular weight excluding hydrogens is 260 g/mol. The second-order valence-electron chi connectivity index (χ2n) is 4.73. The van der Waals surface area contributed by atoms with E-state index in [0.29, 0.717) is 6.42 Å². The summed E-state index contributed by atoms with van der Waals surface area (Å²) in [5, 5.41) is 0. The SMILES string of the molecule is O=C(Cc1ccc(-c2ccccn2)nc1)c1ccccc1. The first-order chi connectivity index (χ1) is 10.3. The molecule has 0 N–H and O–H groups in total. The molecule has 0 radical (unpaired) electrons. The molecule has 0 bridgehead atoms. The van der Waals surface area contributed by atoms with E-state index >= 15 is 0 Å². The molecule has 0 spiro atoms. The Morgan fingerprint density at radius 1 is 0.810 bits per heavy atom. The van der Waals surface area contributed by atoms with Crippen molar-refractivity contribution in [2.45, 2.75) is 6.42 Å². The molecule has 0 aliphatic heterocycles. The second-order valence-corrected chi connectivity index (χ2v) is 4.73. The lowest BCUT2D eigenvalue weighted by Gasteiger charge is -2.03. The minimum atomic E-state index is 0.1000. The van der Waals surface area contributed by atoms with Gasteiger partial charge in [0, 0.05) is 24.4 Å². The maximum absolute atomic E-state index is 12.1. The first-order valence-corrected chi connectivity index (χ1v) is 6.77. The molecule has 0 saturated carbocycles. The number of benzene rings is 1. The number of hydrogen-bond acceptors (Lipinski definition) is 3. The lowest BCUT2D eigenvalue weighted by Crippen LogP contribution is -2.03. The van der Waals surface area contributed by atoms with Crippen LogP contribution in [0.25, 0.3) is 11.4 Å². The van der Waals surface area contributed by atoms with E-state index in [1.54, 1.807) is 12.4 Å². The highest BCUT2D eigenvalue weighted by atomic mass is 16.1. The topological polar surface area (TPSA) is 42.9 Å². The summed E-state index contributed by atoms with van der Waals surface area (Å²) >= 11 is 0. The van der Waals surface area contributed by atoms with E-state index in [4.69, 9.17) is 0 Å². The average Bonchev–Trinajstić information content (AvgIpc) is 2.57. The van der Waals surface area contributed by atoms with Crippen molar-refractivity contribution < 1.29 is 4.79 Å². The molecular formula is C18H14N2O. The molecule has 2 heterocycles. The molecule has 0 unspecified atom stereocenters. The largest absolute Gasteiger partial charge is 0.294 e. The molecule has 0 saturated heterocycles. The van der Waals surface area contributed by atoms with Gasteiger partial charge in [0.25, 0.3) is 0 Å². The maximum atomic E-state index is 12.1. The zero-order chi connectivity index (χ0) is 14.5. The number of aromatic nitrogens is 2. The molecule has 0 fully saturated rings. The van der Waals surface area contributed by atoms with Crippen LogP contribution in [-0.4, -0.2) is 15.8 Å². The summed E-state index contributed by atoms with van der Waals surface area (Å²) in [6.45, 7) is 0. The van der Waals surface area contributed by atoms with Gasteiger partial charge in [0.15, 0.2) is 5.78 Å². The van der Waals surface area contributed by atoms with Crippen molar-refractivity contribution >= 4 is 5.78 Å². The number of ketones is 1. The first kappa shape index (κ1) is 13.2. The van der Waals surface area contributed by atoms with E-state index in [9.17, 15) is 4.79 Å². The minimum Gasteiger partial charge on any atom is -0.294 e. The Labute approximate surface area is 123 Å². The number of carbonyl (C=O) groups is 1. The predicted molar refractivity (Wildman–Crippen MR) is 81.9 cm³/mol. The molecule has 2 aromatic heterocycles. The van der Waals surface area contributed by atoms with Gasteiger partial charge in [0.05, 0.1) is 11.4 Å². The Kier molecular flexibility index (Phi) is 3.83. The van der Waals surface area contributed by atoms with Crippen molar-refractivity contribution in [2.24, 2.45) is 0 Å². The molecule has 0 amide bonds. The van der Waals surface area contributed by atoms with E-state index in [1.807, 2.05) is 60.7 Å². The van der Waals surface area contributed by atoms with Crippen LogP contribution in [0.15, 0.2) is 73.1 Å². The van der Waals surface area contributed by atoms with Crippen molar-refractivity contribution in [3.05, 3.63) is 84.2 Å². The summed E-state index contributed by atoms with van der Waals surface area (Å²) in [7, 11) is 0. The summed E-state index contributed by atoms with van der Waals surface area (Å²) in [4.78, 5) is 20.8. The highest BCUT2D eigenvalue weighted by Crippen LogP contribution is 2.14. The summed E-state index contributed by atoms with van der Waals surface area (Å²) in [6.07, 6.45) is 3.84. The molecule has 102 valence electrons. The third-order valence-corrected chi connectivity index (χ3v) is 3.21. The van der Waals surface area contributed by atoms with Gasteiger partial charge in [-0.1, -0.05) is 42.5 Å². The van der Waals surface area contributed by atoms with Gasteiger partial charge in [-0.3, -0.25) is 14.8 Å². The van der Waals surface area contributed by atoms with Gasteiger partial charge in [-0.2, -0.15) is 0 Å².